The molecule has 1 N–H and O–H groups in total. The molecule has 0 saturated heterocycles. The summed E-state index contributed by atoms with van der Waals surface area (Å²) in [4.78, 5) is 16.4. The molecule has 0 aromatic carbocycles. The number of nitrogens with one attached hydrogen (secondary N) is 1. The highest BCUT2D eigenvalue weighted by Gasteiger charge is 2.19. The molecule has 3 nitrogen and oxygen atoms in total. The molecule has 0 bridgehead atoms. The number of hydrogen-bond donors (Lipinski definition) is 1. The summed E-state index contributed by atoms with van der Waals surface area (Å²) in [5, 5.41) is 3.37. The van der Waals surface area contributed by atoms with E-state index in [1.807, 2.05) is 32.2 Å². The molecular formula is C14H24N2OS. The largest absolute Gasteiger partial charge is 0.345 e. The van der Waals surface area contributed by atoms with Crippen molar-refractivity contribution in [1.82, 2.24) is 10.2 Å². The summed E-state index contributed by atoms with van der Waals surface area (Å²) in [7, 11) is 1.84. The van der Waals surface area contributed by atoms with Gasteiger partial charge >= 0.3 is 0 Å². The number of rotatable bonds is 6. The fourth-order valence-corrected chi connectivity index (χ4v) is 2.80. The van der Waals surface area contributed by atoms with Crippen molar-refractivity contribution in [2.75, 3.05) is 13.6 Å². The molecule has 0 saturated carbocycles. The molecule has 102 valence electrons. The SMILES string of the molecule is CCc1ccc(C(C)NC(C)C(=O)N(C)CC)s1. The van der Waals surface area contributed by atoms with Gasteiger partial charge in [0.15, 0.2) is 0 Å². The maximum Gasteiger partial charge on any atom is 0.239 e. The molecular weight excluding hydrogens is 244 g/mol. The quantitative estimate of drug-likeness (QED) is 0.860. The zero-order valence-electron chi connectivity index (χ0n) is 12.0. The lowest BCUT2D eigenvalue weighted by Crippen LogP contribution is -2.43. The molecule has 4 heteroatoms. The molecule has 18 heavy (non-hydrogen) atoms. The van der Waals surface area contributed by atoms with Crippen molar-refractivity contribution < 1.29 is 4.79 Å². The highest BCUT2D eigenvalue weighted by molar-refractivity contribution is 7.12. The van der Waals surface area contributed by atoms with Crippen LogP contribution in [0.15, 0.2) is 12.1 Å². The normalized spacial score (nSPS) is 14.3. The summed E-state index contributed by atoms with van der Waals surface area (Å²) < 4.78 is 0. The molecule has 1 heterocycles. The average molecular weight is 268 g/mol. The number of nitrogens with zero attached hydrogens (tertiary/aromatic N) is 1. The Morgan fingerprint density at radius 1 is 1.39 bits per heavy atom. The second-order valence-corrected chi connectivity index (χ2v) is 5.82. The molecule has 1 aromatic rings. The summed E-state index contributed by atoms with van der Waals surface area (Å²) >= 11 is 1.82. The van der Waals surface area contributed by atoms with E-state index in [0.717, 1.165) is 13.0 Å². The molecule has 1 amide bonds. The Bertz CT molecular complexity index is 389. The summed E-state index contributed by atoms with van der Waals surface area (Å²) in [5.41, 5.74) is 0. The zero-order chi connectivity index (χ0) is 13.7. The second-order valence-electron chi connectivity index (χ2n) is 4.62. The molecule has 0 aliphatic rings. The first-order chi connectivity index (χ1) is 8.49. The van der Waals surface area contributed by atoms with Crippen molar-refractivity contribution in [2.45, 2.75) is 46.2 Å². The van der Waals surface area contributed by atoms with E-state index in [1.54, 1.807) is 4.90 Å². The van der Waals surface area contributed by atoms with Gasteiger partial charge in [0.25, 0.3) is 0 Å². The average Bonchev–Trinajstić information content (AvgIpc) is 2.85. The third-order valence-corrected chi connectivity index (χ3v) is 4.59. The van der Waals surface area contributed by atoms with Crippen LogP contribution in [-0.4, -0.2) is 30.4 Å². The summed E-state index contributed by atoms with van der Waals surface area (Å²) in [6, 6.07) is 4.40. The maximum absolute atomic E-state index is 12.0. The second kappa shape index (κ2) is 6.90. The van der Waals surface area contributed by atoms with Crippen LogP contribution in [0, 0.1) is 0 Å². The monoisotopic (exact) mass is 268 g/mol. The van der Waals surface area contributed by atoms with Crippen LogP contribution >= 0.6 is 11.3 Å². The van der Waals surface area contributed by atoms with Crippen molar-refractivity contribution in [1.29, 1.82) is 0 Å². The Morgan fingerprint density at radius 3 is 2.56 bits per heavy atom. The minimum Gasteiger partial charge on any atom is -0.345 e. The van der Waals surface area contributed by atoms with E-state index >= 15 is 0 Å². The van der Waals surface area contributed by atoms with Gasteiger partial charge in [0.1, 0.15) is 0 Å². The fourth-order valence-electron chi connectivity index (χ4n) is 1.83. The van der Waals surface area contributed by atoms with Crippen LogP contribution in [-0.2, 0) is 11.2 Å². The molecule has 0 aliphatic carbocycles. The highest BCUT2D eigenvalue weighted by Crippen LogP contribution is 2.23. The van der Waals surface area contributed by atoms with Crippen LogP contribution in [0.3, 0.4) is 0 Å². The van der Waals surface area contributed by atoms with Crippen LogP contribution < -0.4 is 5.32 Å². The van der Waals surface area contributed by atoms with E-state index in [4.69, 9.17) is 0 Å². The minimum absolute atomic E-state index is 0.142. The van der Waals surface area contributed by atoms with Gasteiger partial charge < -0.3 is 4.90 Å². The number of aryl methyl sites for hydroxylation is 1. The predicted octanol–water partition coefficient (Wildman–Crippen LogP) is 2.83. The summed E-state index contributed by atoms with van der Waals surface area (Å²) in [5.74, 6) is 0.150. The van der Waals surface area contributed by atoms with Gasteiger partial charge in [-0.3, -0.25) is 10.1 Å². The van der Waals surface area contributed by atoms with Crippen molar-refractivity contribution in [3.05, 3.63) is 21.9 Å². The Kier molecular flexibility index (Phi) is 5.82. The molecule has 2 atom stereocenters. The number of amides is 1. The van der Waals surface area contributed by atoms with Gasteiger partial charge in [-0.15, -0.1) is 11.3 Å². The van der Waals surface area contributed by atoms with Crippen LogP contribution in [0.25, 0.3) is 0 Å². The van der Waals surface area contributed by atoms with E-state index in [2.05, 4.69) is 31.3 Å². The molecule has 1 rings (SSSR count). The standard InChI is InChI=1S/C14H24N2OS/c1-6-12-8-9-13(18-12)10(3)15-11(4)14(17)16(5)7-2/h8-11,15H,6-7H2,1-5H3. The van der Waals surface area contributed by atoms with Gasteiger partial charge in [0.05, 0.1) is 6.04 Å². The van der Waals surface area contributed by atoms with E-state index in [9.17, 15) is 4.79 Å². The number of hydrogen-bond acceptors (Lipinski definition) is 3. The van der Waals surface area contributed by atoms with Gasteiger partial charge in [-0.1, -0.05) is 6.92 Å². The first-order valence-electron chi connectivity index (χ1n) is 6.59. The van der Waals surface area contributed by atoms with Gasteiger partial charge in [-0.25, -0.2) is 0 Å². The summed E-state index contributed by atoms with van der Waals surface area (Å²) in [6.07, 6.45) is 1.07. The zero-order valence-corrected chi connectivity index (χ0v) is 12.8. The number of thiophene rings is 1. The van der Waals surface area contributed by atoms with E-state index in [-0.39, 0.29) is 18.0 Å². The molecule has 0 spiro atoms. The van der Waals surface area contributed by atoms with E-state index in [1.165, 1.54) is 9.75 Å². The Labute approximate surface area is 114 Å². The number of carbonyl (C=O) groups is 1. The molecule has 0 aliphatic heterocycles. The molecule has 1 aromatic heterocycles. The first-order valence-corrected chi connectivity index (χ1v) is 7.40. The topological polar surface area (TPSA) is 32.3 Å². The minimum atomic E-state index is -0.142. The van der Waals surface area contributed by atoms with Crippen LogP contribution in [0.2, 0.25) is 0 Å². The highest BCUT2D eigenvalue weighted by atomic mass is 32.1. The first kappa shape index (κ1) is 15.2. The molecule has 2 unspecified atom stereocenters. The molecule has 0 radical (unpaired) electrons. The lowest BCUT2D eigenvalue weighted by atomic mass is 10.2. The van der Waals surface area contributed by atoms with Crippen molar-refractivity contribution >= 4 is 17.2 Å². The van der Waals surface area contributed by atoms with Gasteiger partial charge in [0.2, 0.25) is 5.91 Å². The van der Waals surface area contributed by atoms with E-state index < -0.39 is 0 Å². The van der Waals surface area contributed by atoms with Gasteiger partial charge in [-0.05, 0) is 39.3 Å². The predicted molar refractivity (Wildman–Crippen MR) is 78.0 cm³/mol. The van der Waals surface area contributed by atoms with Crippen LogP contribution in [0.4, 0.5) is 0 Å². The smallest absolute Gasteiger partial charge is 0.239 e. The Balaban J connectivity index is 2.58. The summed E-state index contributed by atoms with van der Waals surface area (Å²) in [6.45, 7) is 8.94. The van der Waals surface area contributed by atoms with Crippen molar-refractivity contribution in [2.24, 2.45) is 0 Å². The Morgan fingerprint density at radius 2 is 2.06 bits per heavy atom. The van der Waals surface area contributed by atoms with Crippen molar-refractivity contribution in [3.63, 3.8) is 0 Å². The van der Waals surface area contributed by atoms with Crippen LogP contribution in [0.1, 0.15) is 43.5 Å². The number of likely N-dealkylation sites (N-methyl/N-ethyl adjacent to an activating group) is 1. The lowest BCUT2D eigenvalue weighted by Gasteiger charge is -2.23. The van der Waals surface area contributed by atoms with Gasteiger partial charge in [-0.2, -0.15) is 0 Å². The fraction of sp³-hybridized carbons (Fsp3) is 0.643. The third kappa shape index (κ3) is 3.82. The molecule has 0 fully saturated rings. The number of carbonyl (C=O) groups excluding carboxylic acids is 1. The van der Waals surface area contributed by atoms with Gasteiger partial charge in [0, 0.05) is 29.4 Å². The van der Waals surface area contributed by atoms with E-state index in [0.29, 0.717) is 0 Å². The maximum atomic E-state index is 12.0. The lowest BCUT2D eigenvalue weighted by molar-refractivity contribution is -0.131. The Hall–Kier alpha value is -0.870. The van der Waals surface area contributed by atoms with Crippen molar-refractivity contribution in [3.8, 4) is 0 Å². The third-order valence-electron chi connectivity index (χ3n) is 3.18. The van der Waals surface area contributed by atoms with Crippen LogP contribution in [0.5, 0.6) is 0 Å².